The number of para-hydroxylation sites is 1. The summed E-state index contributed by atoms with van der Waals surface area (Å²) in [5, 5.41) is 9.46. The van der Waals surface area contributed by atoms with Crippen LogP contribution in [0.4, 0.5) is 0 Å². The molecule has 1 rings (SSSR count). The summed E-state index contributed by atoms with van der Waals surface area (Å²) in [5.74, 6) is 0.808. The van der Waals surface area contributed by atoms with Gasteiger partial charge in [0.1, 0.15) is 11.9 Å². The van der Waals surface area contributed by atoms with Crippen molar-refractivity contribution in [3.63, 3.8) is 0 Å². The first kappa shape index (κ1) is 10.1. The summed E-state index contributed by atoms with van der Waals surface area (Å²) in [6.45, 7) is 3.82. The molecule has 0 aliphatic carbocycles. The van der Waals surface area contributed by atoms with E-state index in [1.165, 1.54) is 0 Å². The van der Waals surface area contributed by atoms with Gasteiger partial charge in [-0.1, -0.05) is 25.1 Å². The van der Waals surface area contributed by atoms with Crippen LogP contribution in [0.15, 0.2) is 30.3 Å². The summed E-state index contributed by atoms with van der Waals surface area (Å²) in [6, 6.07) is 9.55. The zero-order valence-electron chi connectivity index (χ0n) is 8.10. The smallest absolute Gasteiger partial charge is 0.122 e. The SMILES string of the molecule is CC[C@H](O)C(C)Oc1ccccc1. The molecule has 0 saturated carbocycles. The summed E-state index contributed by atoms with van der Waals surface area (Å²) in [6.07, 6.45) is 0.182. The average molecular weight is 180 g/mol. The molecule has 2 nitrogen and oxygen atoms in total. The van der Waals surface area contributed by atoms with E-state index in [2.05, 4.69) is 0 Å². The molecule has 0 radical (unpaired) electrons. The molecule has 0 amide bonds. The first-order chi connectivity index (χ1) is 6.24. The van der Waals surface area contributed by atoms with E-state index in [9.17, 15) is 5.11 Å². The fourth-order valence-corrected chi connectivity index (χ4v) is 1.12. The van der Waals surface area contributed by atoms with Crippen molar-refractivity contribution in [2.75, 3.05) is 0 Å². The Bertz CT molecular complexity index is 233. The molecule has 72 valence electrons. The van der Waals surface area contributed by atoms with Crippen LogP contribution in [0.1, 0.15) is 20.3 Å². The van der Waals surface area contributed by atoms with E-state index in [4.69, 9.17) is 4.74 Å². The Balaban J connectivity index is 2.50. The van der Waals surface area contributed by atoms with Crippen LogP contribution in [-0.4, -0.2) is 17.3 Å². The summed E-state index contributed by atoms with van der Waals surface area (Å²) in [5.41, 5.74) is 0. The van der Waals surface area contributed by atoms with Crippen LogP contribution in [0.3, 0.4) is 0 Å². The summed E-state index contributed by atoms with van der Waals surface area (Å²) in [7, 11) is 0. The van der Waals surface area contributed by atoms with Gasteiger partial charge in [0, 0.05) is 0 Å². The third-order valence-corrected chi connectivity index (χ3v) is 2.03. The van der Waals surface area contributed by atoms with Gasteiger partial charge in [0.05, 0.1) is 6.10 Å². The minimum atomic E-state index is -0.389. The monoisotopic (exact) mass is 180 g/mol. The van der Waals surface area contributed by atoms with Crippen molar-refractivity contribution in [3.8, 4) is 5.75 Å². The van der Waals surface area contributed by atoms with Crippen molar-refractivity contribution in [2.24, 2.45) is 0 Å². The van der Waals surface area contributed by atoms with E-state index in [1.54, 1.807) is 0 Å². The average Bonchev–Trinajstić information content (AvgIpc) is 2.18. The van der Waals surface area contributed by atoms with Crippen LogP contribution >= 0.6 is 0 Å². The molecule has 0 saturated heterocycles. The maximum Gasteiger partial charge on any atom is 0.122 e. The summed E-state index contributed by atoms with van der Waals surface area (Å²) < 4.78 is 5.52. The Morgan fingerprint density at radius 1 is 1.31 bits per heavy atom. The molecule has 0 aromatic heterocycles. The van der Waals surface area contributed by atoms with Crippen LogP contribution in [0, 0.1) is 0 Å². The maximum absolute atomic E-state index is 9.46. The Morgan fingerprint density at radius 2 is 1.92 bits per heavy atom. The Morgan fingerprint density at radius 3 is 2.46 bits per heavy atom. The number of hydrogen-bond acceptors (Lipinski definition) is 2. The van der Waals surface area contributed by atoms with E-state index in [1.807, 2.05) is 44.2 Å². The van der Waals surface area contributed by atoms with Crippen LogP contribution < -0.4 is 4.74 Å². The third kappa shape index (κ3) is 3.07. The van der Waals surface area contributed by atoms with Crippen LogP contribution in [0.25, 0.3) is 0 Å². The predicted molar refractivity (Wildman–Crippen MR) is 52.8 cm³/mol. The number of aliphatic hydroxyl groups is 1. The molecule has 0 fully saturated rings. The summed E-state index contributed by atoms with van der Waals surface area (Å²) >= 11 is 0. The minimum absolute atomic E-state index is 0.146. The second kappa shape index (κ2) is 4.87. The molecule has 1 N–H and O–H groups in total. The zero-order valence-corrected chi connectivity index (χ0v) is 8.10. The highest BCUT2D eigenvalue weighted by Crippen LogP contribution is 2.13. The van der Waals surface area contributed by atoms with Gasteiger partial charge in [-0.2, -0.15) is 0 Å². The topological polar surface area (TPSA) is 29.5 Å². The second-order valence-corrected chi connectivity index (χ2v) is 3.11. The van der Waals surface area contributed by atoms with E-state index in [0.29, 0.717) is 6.42 Å². The second-order valence-electron chi connectivity index (χ2n) is 3.11. The molecule has 2 heteroatoms. The fraction of sp³-hybridized carbons (Fsp3) is 0.455. The largest absolute Gasteiger partial charge is 0.488 e. The van der Waals surface area contributed by atoms with E-state index in [0.717, 1.165) is 5.75 Å². The van der Waals surface area contributed by atoms with Gasteiger partial charge < -0.3 is 9.84 Å². The number of rotatable bonds is 4. The van der Waals surface area contributed by atoms with Gasteiger partial charge in [-0.25, -0.2) is 0 Å². The van der Waals surface area contributed by atoms with Crippen molar-refractivity contribution in [1.82, 2.24) is 0 Å². The molecule has 0 bridgehead atoms. The number of benzene rings is 1. The summed E-state index contributed by atoms with van der Waals surface area (Å²) in [4.78, 5) is 0. The lowest BCUT2D eigenvalue weighted by molar-refractivity contribution is 0.0451. The normalized spacial score (nSPS) is 15.0. The molecule has 0 heterocycles. The Kier molecular flexibility index (Phi) is 3.77. The van der Waals surface area contributed by atoms with Gasteiger partial charge in [-0.05, 0) is 25.5 Å². The van der Waals surface area contributed by atoms with Crippen LogP contribution in [0.5, 0.6) is 5.75 Å². The lowest BCUT2D eigenvalue weighted by Crippen LogP contribution is -2.27. The number of hydrogen-bond donors (Lipinski definition) is 1. The zero-order chi connectivity index (χ0) is 9.68. The van der Waals surface area contributed by atoms with Crippen LogP contribution in [0.2, 0.25) is 0 Å². The Hall–Kier alpha value is -1.02. The van der Waals surface area contributed by atoms with Crippen molar-refractivity contribution in [2.45, 2.75) is 32.5 Å². The lowest BCUT2D eigenvalue weighted by atomic mass is 10.2. The van der Waals surface area contributed by atoms with Crippen LogP contribution in [-0.2, 0) is 0 Å². The van der Waals surface area contributed by atoms with E-state index >= 15 is 0 Å². The molecule has 2 atom stereocenters. The van der Waals surface area contributed by atoms with Gasteiger partial charge in [0.15, 0.2) is 0 Å². The van der Waals surface area contributed by atoms with Gasteiger partial charge in [0.25, 0.3) is 0 Å². The number of ether oxygens (including phenoxy) is 1. The van der Waals surface area contributed by atoms with Gasteiger partial charge in [0.2, 0.25) is 0 Å². The van der Waals surface area contributed by atoms with E-state index < -0.39 is 0 Å². The quantitative estimate of drug-likeness (QED) is 0.769. The highest BCUT2D eigenvalue weighted by atomic mass is 16.5. The van der Waals surface area contributed by atoms with Gasteiger partial charge in [-0.15, -0.1) is 0 Å². The number of aliphatic hydroxyl groups excluding tert-OH is 1. The molecule has 1 aromatic rings. The maximum atomic E-state index is 9.46. The highest BCUT2D eigenvalue weighted by Gasteiger charge is 2.12. The predicted octanol–water partition coefficient (Wildman–Crippen LogP) is 2.22. The Labute approximate surface area is 79.2 Å². The highest BCUT2D eigenvalue weighted by molar-refractivity contribution is 5.21. The third-order valence-electron chi connectivity index (χ3n) is 2.03. The van der Waals surface area contributed by atoms with Gasteiger partial charge in [-0.3, -0.25) is 0 Å². The van der Waals surface area contributed by atoms with Crippen molar-refractivity contribution in [1.29, 1.82) is 0 Å². The van der Waals surface area contributed by atoms with Gasteiger partial charge >= 0.3 is 0 Å². The lowest BCUT2D eigenvalue weighted by Gasteiger charge is -2.18. The molecule has 1 aromatic carbocycles. The fourth-order valence-electron chi connectivity index (χ4n) is 1.12. The molecule has 1 unspecified atom stereocenters. The first-order valence-corrected chi connectivity index (χ1v) is 4.63. The standard InChI is InChI=1S/C11H16O2/c1-3-11(12)9(2)13-10-7-5-4-6-8-10/h4-9,11-12H,3H2,1-2H3/t9?,11-/m0/s1. The van der Waals surface area contributed by atoms with E-state index in [-0.39, 0.29) is 12.2 Å². The first-order valence-electron chi connectivity index (χ1n) is 4.63. The molecule has 0 aliphatic rings. The van der Waals surface area contributed by atoms with Crippen molar-refractivity contribution < 1.29 is 9.84 Å². The van der Waals surface area contributed by atoms with Crippen molar-refractivity contribution in [3.05, 3.63) is 30.3 Å². The molecule has 13 heavy (non-hydrogen) atoms. The molecular formula is C11H16O2. The molecule has 0 aliphatic heterocycles. The van der Waals surface area contributed by atoms with Crippen molar-refractivity contribution >= 4 is 0 Å². The molecule has 0 spiro atoms. The molecular weight excluding hydrogens is 164 g/mol. The minimum Gasteiger partial charge on any atom is -0.488 e.